The average Bonchev–Trinajstić information content (AvgIpc) is 2.39. The van der Waals surface area contributed by atoms with Gasteiger partial charge in [0.15, 0.2) is 0 Å². The number of aryl methyl sites for hydroxylation is 2. The minimum Gasteiger partial charge on any atom is -1.00 e. The molecule has 4 heteroatoms. The zero-order chi connectivity index (χ0) is 9.42. The van der Waals surface area contributed by atoms with E-state index in [1.807, 2.05) is 11.3 Å². The molecular weight excluding hydrogens is 420 g/mol. The second-order valence-electron chi connectivity index (χ2n) is 2.98. The molecule has 0 aliphatic rings. The van der Waals surface area contributed by atoms with Crippen molar-refractivity contribution in [1.82, 2.24) is 0 Å². The Morgan fingerprint density at radius 2 is 2.14 bits per heavy atom. The third-order valence-corrected chi connectivity index (χ3v) is 3.90. The molecule has 1 heterocycles. The van der Waals surface area contributed by atoms with Crippen LogP contribution in [0.15, 0.2) is 18.2 Å². The van der Waals surface area contributed by atoms with Crippen molar-refractivity contribution in [2.24, 2.45) is 0 Å². The summed E-state index contributed by atoms with van der Waals surface area (Å²) in [4.78, 5) is 0. The van der Waals surface area contributed by atoms with Crippen molar-refractivity contribution >= 4 is 44.1 Å². The van der Waals surface area contributed by atoms with Gasteiger partial charge in [0.05, 0.1) is 0 Å². The summed E-state index contributed by atoms with van der Waals surface area (Å²) in [6.07, 6.45) is 0. The van der Waals surface area contributed by atoms with Crippen LogP contribution in [0.1, 0.15) is 11.9 Å². The van der Waals surface area contributed by atoms with Gasteiger partial charge in [0.25, 0.3) is 0 Å². The number of hydrogen-bond acceptors (Lipinski definition) is 1. The maximum absolute atomic E-state index is 2.36. The maximum atomic E-state index is 2.36. The molecule has 0 radical (unpaired) electrons. The van der Waals surface area contributed by atoms with E-state index in [1.165, 1.54) is 18.8 Å². The Balaban J connectivity index is 0.000000980. The van der Waals surface area contributed by atoms with Crippen molar-refractivity contribution in [2.75, 3.05) is 0 Å². The monoisotopic (exact) mass is 431 g/mol. The van der Waals surface area contributed by atoms with Crippen molar-refractivity contribution in [1.29, 1.82) is 0 Å². The van der Waals surface area contributed by atoms with E-state index in [9.17, 15) is 0 Å². The second kappa shape index (κ2) is 5.07. The summed E-state index contributed by atoms with van der Waals surface area (Å²) < 4.78 is 5.07. The molecule has 0 atom stereocenters. The van der Waals surface area contributed by atoms with E-state index in [0.717, 1.165) is 6.54 Å². The number of rotatable bonds is 1. The van der Waals surface area contributed by atoms with Crippen molar-refractivity contribution < 1.29 is 28.5 Å². The summed E-state index contributed by atoms with van der Waals surface area (Å²) in [5, 5.41) is 1.39. The first-order valence-electron chi connectivity index (χ1n) is 4.31. The molecule has 0 amide bonds. The van der Waals surface area contributed by atoms with Crippen LogP contribution >= 0.6 is 33.9 Å². The van der Waals surface area contributed by atoms with Gasteiger partial charge in [0.2, 0.25) is 10.5 Å². The molecule has 14 heavy (non-hydrogen) atoms. The number of nitrogens with zero attached hydrogens (tertiary/aromatic N) is 1. The first-order chi connectivity index (χ1) is 6.22. The Hall–Kier alpha value is 0.570. The molecule has 0 aliphatic heterocycles. The Morgan fingerprint density at radius 3 is 2.79 bits per heavy atom. The quantitative estimate of drug-likeness (QED) is 0.447. The van der Waals surface area contributed by atoms with Gasteiger partial charge in [-0.2, -0.15) is 4.57 Å². The Kier molecular flexibility index (Phi) is 4.57. The third-order valence-electron chi connectivity index (χ3n) is 2.17. The normalized spacial score (nSPS) is 10.2. The lowest BCUT2D eigenvalue weighted by Crippen LogP contribution is -3.00. The van der Waals surface area contributed by atoms with Gasteiger partial charge in [-0.3, -0.25) is 0 Å². The molecule has 76 valence electrons. The minimum atomic E-state index is 0. The zero-order valence-electron chi connectivity index (χ0n) is 8.05. The standard InChI is InChI=1S/C10H11INS.HI/c1-3-12-7(2)13-10-6-8(11)4-5-9(10)12;/h4-6H,3H2,1-2H3;1H/q+1;/p-1. The molecule has 0 unspecified atom stereocenters. The molecule has 0 saturated carbocycles. The summed E-state index contributed by atoms with van der Waals surface area (Å²) >= 11 is 4.23. The van der Waals surface area contributed by atoms with Gasteiger partial charge < -0.3 is 24.0 Å². The molecule has 2 aromatic rings. The maximum Gasteiger partial charge on any atom is 0.235 e. The fraction of sp³-hybridized carbons (Fsp3) is 0.300. The highest BCUT2D eigenvalue weighted by molar-refractivity contribution is 14.1. The molecule has 1 nitrogen and oxygen atoms in total. The number of thiazole rings is 1. The highest BCUT2D eigenvalue weighted by Crippen LogP contribution is 2.21. The molecule has 1 aromatic carbocycles. The zero-order valence-corrected chi connectivity index (χ0v) is 13.2. The summed E-state index contributed by atoms with van der Waals surface area (Å²) in [6.45, 7) is 5.44. The smallest absolute Gasteiger partial charge is 0.235 e. The molecular formula is C10H11I2NS. The average molecular weight is 431 g/mol. The highest BCUT2D eigenvalue weighted by atomic mass is 127. The highest BCUT2D eigenvalue weighted by Gasteiger charge is 2.14. The molecule has 1 aromatic heterocycles. The summed E-state index contributed by atoms with van der Waals surface area (Å²) in [7, 11) is 0. The van der Waals surface area contributed by atoms with Crippen LogP contribution < -0.4 is 28.5 Å². The number of fused-ring (bicyclic) bond motifs is 1. The summed E-state index contributed by atoms with van der Waals surface area (Å²) in [6, 6.07) is 6.63. The Bertz CT molecular complexity index is 451. The predicted molar refractivity (Wildman–Crippen MR) is 65.1 cm³/mol. The van der Waals surface area contributed by atoms with E-state index < -0.39 is 0 Å². The molecule has 0 aliphatic carbocycles. The van der Waals surface area contributed by atoms with E-state index in [0.29, 0.717) is 0 Å². The Morgan fingerprint density at radius 1 is 1.43 bits per heavy atom. The Labute approximate surface area is 119 Å². The SMILES string of the molecule is CC[n+]1c(C)sc2cc(I)ccc21.[I-]. The van der Waals surface area contributed by atoms with Crippen LogP contribution in [0, 0.1) is 10.5 Å². The molecule has 2 rings (SSSR count). The van der Waals surface area contributed by atoms with Crippen LogP contribution in [-0.2, 0) is 6.54 Å². The van der Waals surface area contributed by atoms with Crippen molar-refractivity contribution in [3.63, 3.8) is 0 Å². The van der Waals surface area contributed by atoms with Crippen LogP contribution in [0.2, 0.25) is 0 Å². The topological polar surface area (TPSA) is 3.88 Å². The van der Waals surface area contributed by atoms with E-state index >= 15 is 0 Å². The molecule has 0 bridgehead atoms. The lowest BCUT2D eigenvalue weighted by Gasteiger charge is -1.90. The lowest BCUT2D eigenvalue weighted by molar-refractivity contribution is -0.669. The van der Waals surface area contributed by atoms with E-state index in [4.69, 9.17) is 0 Å². The largest absolute Gasteiger partial charge is 1.00 e. The van der Waals surface area contributed by atoms with Gasteiger partial charge in [-0.15, -0.1) is 0 Å². The molecule has 0 saturated heterocycles. The van der Waals surface area contributed by atoms with E-state index in [-0.39, 0.29) is 24.0 Å². The van der Waals surface area contributed by atoms with Gasteiger partial charge in [0, 0.05) is 16.6 Å². The fourth-order valence-corrected chi connectivity index (χ4v) is 3.40. The van der Waals surface area contributed by atoms with Crippen molar-refractivity contribution in [3.8, 4) is 0 Å². The van der Waals surface area contributed by atoms with Crippen molar-refractivity contribution in [3.05, 3.63) is 26.8 Å². The number of halogens is 2. The molecule has 0 fully saturated rings. The van der Waals surface area contributed by atoms with Crippen LogP contribution in [0.5, 0.6) is 0 Å². The fourth-order valence-electron chi connectivity index (χ4n) is 1.57. The van der Waals surface area contributed by atoms with Crippen LogP contribution in [-0.4, -0.2) is 0 Å². The number of hydrogen-bond donors (Lipinski definition) is 0. The van der Waals surface area contributed by atoms with Gasteiger partial charge in [-0.25, -0.2) is 0 Å². The summed E-state index contributed by atoms with van der Waals surface area (Å²) in [5.74, 6) is 0. The number of benzene rings is 1. The van der Waals surface area contributed by atoms with E-state index in [1.54, 1.807) is 0 Å². The van der Waals surface area contributed by atoms with Gasteiger partial charge in [-0.1, -0.05) is 11.3 Å². The van der Waals surface area contributed by atoms with E-state index in [2.05, 4.69) is 59.2 Å². The first kappa shape index (κ1) is 12.6. The third kappa shape index (κ3) is 2.21. The van der Waals surface area contributed by atoms with Crippen LogP contribution in [0.25, 0.3) is 10.2 Å². The minimum absolute atomic E-state index is 0. The molecule has 0 N–H and O–H groups in total. The van der Waals surface area contributed by atoms with Crippen molar-refractivity contribution in [2.45, 2.75) is 20.4 Å². The first-order valence-corrected chi connectivity index (χ1v) is 6.20. The number of aromatic nitrogens is 1. The van der Waals surface area contributed by atoms with Crippen LogP contribution in [0.4, 0.5) is 0 Å². The van der Waals surface area contributed by atoms with Gasteiger partial charge in [-0.05, 0) is 41.6 Å². The van der Waals surface area contributed by atoms with Crippen LogP contribution in [0.3, 0.4) is 0 Å². The summed E-state index contributed by atoms with van der Waals surface area (Å²) in [5.41, 5.74) is 1.37. The predicted octanol–water partition coefficient (Wildman–Crippen LogP) is 0.126. The second-order valence-corrected chi connectivity index (χ2v) is 5.46. The lowest BCUT2D eigenvalue weighted by atomic mass is 10.3. The van der Waals surface area contributed by atoms with Gasteiger partial charge >= 0.3 is 0 Å². The molecule has 0 spiro atoms. The van der Waals surface area contributed by atoms with Gasteiger partial charge in [0.1, 0.15) is 11.2 Å².